The van der Waals surface area contributed by atoms with Gasteiger partial charge in [-0.3, -0.25) is 14.5 Å². The molecule has 2 aromatic rings. The maximum atomic E-state index is 13.3. The van der Waals surface area contributed by atoms with Gasteiger partial charge in [0.05, 0.1) is 17.7 Å². The molecule has 0 atom stereocenters. The van der Waals surface area contributed by atoms with Gasteiger partial charge in [-0.25, -0.2) is 13.3 Å². The first kappa shape index (κ1) is 21.5. The van der Waals surface area contributed by atoms with Crippen molar-refractivity contribution in [1.82, 2.24) is 9.21 Å². The molecule has 2 aromatic carbocycles. The molecule has 0 radical (unpaired) electrons. The molecule has 2 aliphatic rings. The van der Waals surface area contributed by atoms with Crippen LogP contribution in [-0.2, 0) is 26.2 Å². The Morgan fingerprint density at radius 1 is 0.903 bits per heavy atom. The fraction of sp³-hybridized carbons (Fsp3) is 0.364. The van der Waals surface area contributed by atoms with Gasteiger partial charge in [-0.15, -0.1) is 0 Å². The number of benzene rings is 2. The van der Waals surface area contributed by atoms with Gasteiger partial charge in [-0.2, -0.15) is 4.31 Å². The number of ether oxygens (including phenoxy) is 1. The van der Waals surface area contributed by atoms with Gasteiger partial charge in [0.25, 0.3) is 0 Å². The minimum atomic E-state index is -3.77. The van der Waals surface area contributed by atoms with Gasteiger partial charge in [0.15, 0.2) is 0 Å². The fourth-order valence-electron chi connectivity index (χ4n) is 3.97. The van der Waals surface area contributed by atoms with Crippen molar-refractivity contribution in [1.29, 1.82) is 0 Å². The van der Waals surface area contributed by atoms with Gasteiger partial charge in [-0.05, 0) is 23.8 Å². The molecule has 0 aromatic heterocycles. The quantitative estimate of drug-likeness (QED) is 0.634. The van der Waals surface area contributed by atoms with Gasteiger partial charge in [0.1, 0.15) is 5.75 Å². The molecule has 2 aliphatic heterocycles. The van der Waals surface area contributed by atoms with Crippen LogP contribution in [0.3, 0.4) is 0 Å². The standard InChI is InChI=1S/C22H25N3O5S/c1-30-20-8-7-18(15-19(20)25-21(26)9-10-22(25)27)31(28,29)24-13-11-23(12-14-24)16-17-5-3-2-4-6-17/h2-8,15H,9-14,16H2,1H3. The minimum Gasteiger partial charge on any atom is -0.495 e. The van der Waals surface area contributed by atoms with Crippen LogP contribution in [0.5, 0.6) is 5.75 Å². The lowest BCUT2D eigenvalue weighted by molar-refractivity contribution is -0.121. The lowest BCUT2D eigenvalue weighted by Gasteiger charge is -2.34. The first-order chi connectivity index (χ1) is 14.9. The third-order valence-electron chi connectivity index (χ3n) is 5.66. The van der Waals surface area contributed by atoms with E-state index in [1.165, 1.54) is 35.2 Å². The lowest BCUT2D eigenvalue weighted by Crippen LogP contribution is -2.48. The molecule has 0 saturated carbocycles. The van der Waals surface area contributed by atoms with Crippen molar-refractivity contribution in [2.75, 3.05) is 38.2 Å². The number of hydrogen-bond donors (Lipinski definition) is 0. The zero-order valence-electron chi connectivity index (χ0n) is 17.4. The first-order valence-corrected chi connectivity index (χ1v) is 11.6. The molecule has 0 unspecified atom stereocenters. The number of anilines is 1. The van der Waals surface area contributed by atoms with Crippen molar-refractivity contribution >= 4 is 27.5 Å². The third kappa shape index (κ3) is 4.34. The van der Waals surface area contributed by atoms with E-state index in [1.807, 2.05) is 18.2 Å². The van der Waals surface area contributed by atoms with Crippen LogP contribution in [0.15, 0.2) is 53.4 Å². The Morgan fingerprint density at radius 3 is 2.16 bits per heavy atom. The molecule has 2 heterocycles. The summed E-state index contributed by atoms with van der Waals surface area (Å²) in [5.41, 5.74) is 1.37. The average molecular weight is 444 g/mol. The van der Waals surface area contributed by atoms with Crippen molar-refractivity contribution in [2.24, 2.45) is 0 Å². The summed E-state index contributed by atoms with van der Waals surface area (Å²) < 4.78 is 33.2. The van der Waals surface area contributed by atoms with Crippen LogP contribution in [-0.4, -0.2) is 62.7 Å². The molecule has 164 valence electrons. The van der Waals surface area contributed by atoms with Gasteiger partial charge in [-0.1, -0.05) is 30.3 Å². The molecule has 2 saturated heterocycles. The second kappa shape index (κ2) is 8.78. The van der Waals surface area contributed by atoms with Crippen LogP contribution in [0, 0.1) is 0 Å². The third-order valence-corrected chi connectivity index (χ3v) is 7.56. The minimum absolute atomic E-state index is 0.0484. The largest absolute Gasteiger partial charge is 0.495 e. The molecule has 0 aliphatic carbocycles. The summed E-state index contributed by atoms with van der Waals surface area (Å²) in [5.74, 6) is -0.421. The molecule has 8 nitrogen and oxygen atoms in total. The van der Waals surface area contributed by atoms with Gasteiger partial charge in [0, 0.05) is 45.6 Å². The summed E-state index contributed by atoms with van der Waals surface area (Å²) in [5, 5.41) is 0. The van der Waals surface area contributed by atoms with E-state index in [9.17, 15) is 18.0 Å². The monoisotopic (exact) mass is 443 g/mol. The van der Waals surface area contributed by atoms with Crippen LogP contribution in [0.2, 0.25) is 0 Å². The highest BCUT2D eigenvalue weighted by atomic mass is 32.2. The van der Waals surface area contributed by atoms with Crippen LogP contribution in [0.4, 0.5) is 5.69 Å². The number of sulfonamides is 1. The molecule has 0 spiro atoms. The zero-order chi connectivity index (χ0) is 22.0. The maximum Gasteiger partial charge on any atom is 0.243 e. The van der Waals surface area contributed by atoms with Crippen molar-refractivity contribution in [3.8, 4) is 5.75 Å². The van der Waals surface area contributed by atoms with E-state index in [2.05, 4.69) is 17.0 Å². The Labute approximate surface area is 182 Å². The summed E-state index contributed by atoms with van der Waals surface area (Å²) in [7, 11) is -2.35. The van der Waals surface area contributed by atoms with Crippen molar-refractivity contribution in [3.63, 3.8) is 0 Å². The summed E-state index contributed by atoms with van der Waals surface area (Å²) in [6.45, 7) is 2.78. The number of imide groups is 1. The topological polar surface area (TPSA) is 87.2 Å². The van der Waals surface area contributed by atoms with E-state index < -0.39 is 10.0 Å². The Balaban J connectivity index is 1.52. The van der Waals surface area contributed by atoms with Crippen molar-refractivity contribution < 1.29 is 22.7 Å². The number of methoxy groups -OCH3 is 1. The molecule has 9 heteroatoms. The first-order valence-electron chi connectivity index (χ1n) is 10.2. The van der Waals surface area contributed by atoms with Gasteiger partial charge < -0.3 is 4.74 Å². The van der Waals surface area contributed by atoms with Crippen molar-refractivity contribution in [2.45, 2.75) is 24.3 Å². The number of piperazine rings is 1. The van der Waals surface area contributed by atoms with E-state index in [0.717, 1.165) is 11.4 Å². The van der Waals surface area contributed by atoms with E-state index in [4.69, 9.17) is 4.74 Å². The smallest absolute Gasteiger partial charge is 0.243 e. The highest BCUT2D eigenvalue weighted by Gasteiger charge is 2.34. The zero-order valence-corrected chi connectivity index (χ0v) is 18.2. The van der Waals surface area contributed by atoms with E-state index >= 15 is 0 Å². The summed E-state index contributed by atoms with van der Waals surface area (Å²) >= 11 is 0. The van der Waals surface area contributed by atoms with E-state index in [0.29, 0.717) is 26.2 Å². The average Bonchev–Trinajstić information content (AvgIpc) is 3.12. The molecular weight excluding hydrogens is 418 g/mol. The highest BCUT2D eigenvalue weighted by Crippen LogP contribution is 2.35. The Bertz CT molecular complexity index is 1060. The molecule has 2 amide bonds. The summed E-state index contributed by atoms with van der Waals surface area (Å²) in [6.07, 6.45) is 0.227. The normalized spacial score (nSPS) is 18.5. The second-order valence-electron chi connectivity index (χ2n) is 7.62. The van der Waals surface area contributed by atoms with Gasteiger partial charge >= 0.3 is 0 Å². The predicted molar refractivity (Wildman–Crippen MR) is 115 cm³/mol. The van der Waals surface area contributed by atoms with E-state index in [1.54, 1.807) is 0 Å². The molecule has 4 rings (SSSR count). The number of rotatable bonds is 6. The van der Waals surface area contributed by atoms with Crippen LogP contribution in [0.25, 0.3) is 0 Å². The molecule has 2 fully saturated rings. The van der Waals surface area contributed by atoms with E-state index in [-0.39, 0.29) is 41.0 Å². The lowest BCUT2D eigenvalue weighted by atomic mass is 10.2. The summed E-state index contributed by atoms with van der Waals surface area (Å²) in [4.78, 5) is 27.7. The predicted octanol–water partition coefficient (Wildman–Crippen LogP) is 1.86. The Hall–Kier alpha value is -2.75. The number of carbonyl (C=O) groups excluding carboxylic acids is 2. The number of hydrogen-bond acceptors (Lipinski definition) is 6. The highest BCUT2D eigenvalue weighted by molar-refractivity contribution is 7.89. The van der Waals surface area contributed by atoms with Crippen LogP contribution >= 0.6 is 0 Å². The van der Waals surface area contributed by atoms with Crippen LogP contribution < -0.4 is 9.64 Å². The molecule has 0 bridgehead atoms. The summed E-state index contributed by atoms with van der Waals surface area (Å²) in [6, 6.07) is 14.4. The Kier molecular flexibility index (Phi) is 6.08. The Morgan fingerprint density at radius 2 is 1.55 bits per heavy atom. The van der Waals surface area contributed by atoms with Crippen LogP contribution in [0.1, 0.15) is 18.4 Å². The number of nitrogens with zero attached hydrogens (tertiary/aromatic N) is 3. The molecule has 0 N–H and O–H groups in total. The maximum absolute atomic E-state index is 13.3. The SMILES string of the molecule is COc1ccc(S(=O)(=O)N2CCN(Cc3ccccc3)CC2)cc1N1C(=O)CCC1=O. The number of carbonyl (C=O) groups is 2. The number of amides is 2. The molecule has 31 heavy (non-hydrogen) atoms. The fourth-order valence-corrected chi connectivity index (χ4v) is 5.41. The molecular formula is C22H25N3O5S. The second-order valence-corrected chi connectivity index (χ2v) is 9.56. The van der Waals surface area contributed by atoms with Gasteiger partial charge in [0.2, 0.25) is 21.8 Å². The van der Waals surface area contributed by atoms with Crippen molar-refractivity contribution in [3.05, 3.63) is 54.1 Å².